The molecule has 1 aromatic rings. The number of hydrogen-bond donors (Lipinski definition) is 3. The number of nitrogens with two attached hydrogens (primary N) is 1. The third kappa shape index (κ3) is 4.01. The average molecular weight is 243 g/mol. The quantitative estimate of drug-likeness (QED) is 0.685. The van der Waals surface area contributed by atoms with Gasteiger partial charge >= 0.3 is 6.03 Å². The van der Waals surface area contributed by atoms with Gasteiger partial charge in [-0.1, -0.05) is 20.8 Å². The highest BCUT2D eigenvalue weighted by atomic mass is 32.1. The molecule has 0 saturated heterocycles. The van der Waals surface area contributed by atoms with Gasteiger partial charge < -0.3 is 16.4 Å². The molecule has 4 N–H and O–H groups in total. The molecule has 7 heteroatoms. The molecule has 0 aromatic carbocycles. The van der Waals surface area contributed by atoms with Gasteiger partial charge in [0.1, 0.15) is 5.82 Å². The van der Waals surface area contributed by atoms with Crippen LogP contribution in [-0.4, -0.2) is 28.5 Å². The van der Waals surface area contributed by atoms with Crippen LogP contribution in [0.5, 0.6) is 0 Å². The minimum absolute atomic E-state index is 0.0398. The van der Waals surface area contributed by atoms with Gasteiger partial charge in [-0.05, 0) is 0 Å². The fourth-order valence-corrected chi connectivity index (χ4v) is 1.74. The van der Waals surface area contributed by atoms with Gasteiger partial charge in [0.05, 0.1) is 0 Å². The SMILES string of the molecule is CC(C)(C)c1nsc(NCCNC(N)=O)n1. The number of nitrogens with zero attached hydrogens (tertiary/aromatic N) is 2. The summed E-state index contributed by atoms with van der Waals surface area (Å²) in [5.74, 6) is 0.822. The predicted octanol–water partition coefficient (Wildman–Crippen LogP) is 0.916. The fraction of sp³-hybridized carbons (Fsp3) is 0.667. The van der Waals surface area contributed by atoms with Gasteiger partial charge in [-0.15, -0.1) is 0 Å². The maximum absolute atomic E-state index is 10.4. The number of hydrogen-bond acceptors (Lipinski definition) is 5. The van der Waals surface area contributed by atoms with E-state index < -0.39 is 6.03 Å². The lowest BCUT2D eigenvalue weighted by atomic mass is 9.96. The second-order valence-corrected chi connectivity index (χ2v) is 5.14. The molecular formula is C9H17N5OS. The highest BCUT2D eigenvalue weighted by Crippen LogP contribution is 2.22. The minimum Gasteiger partial charge on any atom is -0.359 e. The molecule has 16 heavy (non-hydrogen) atoms. The van der Waals surface area contributed by atoms with E-state index in [1.165, 1.54) is 11.5 Å². The highest BCUT2D eigenvalue weighted by molar-refractivity contribution is 7.09. The van der Waals surface area contributed by atoms with E-state index in [0.29, 0.717) is 13.1 Å². The second-order valence-electron chi connectivity index (χ2n) is 4.39. The minimum atomic E-state index is -0.519. The summed E-state index contributed by atoms with van der Waals surface area (Å²) < 4.78 is 4.26. The summed E-state index contributed by atoms with van der Waals surface area (Å²) in [5, 5.41) is 6.31. The molecule has 0 atom stereocenters. The summed E-state index contributed by atoms with van der Waals surface area (Å²) in [7, 11) is 0. The molecule has 90 valence electrons. The Bertz CT molecular complexity index is 357. The molecule has 0 aliphatic carbocycles. The van der Waals surface area contributed by atoms with E-state index in [2.05, 4.69) is 40.8 Å². The van der Waals surface area contributed by atoms with Crippen LogP contribution in [0.3, 0.4) is 0 Å². The third-order valence-corrected chi connectivity index (χ3v) is 2.47. The maximum atomic E-state index is 10.4. The van der Waals surface area contributed by atoms with E-state index >= 15 is 0 Å². The van der Waals surface area contributed by atoms with Crippen LogP contribution < -0.4 is 16.4 Å². The van der Waals surface area contributed by atoms with Crippen molar-refractivity contribution in [3.63, 3.8) is 0 Å². The number of primary amides is 1. The van der Waals surface area contributed by atoms with Gasteiger partial charge in [-0.2, -0.15) is 4.37 Å². The zero-order valence-electron chi connectivity index (χ0n) is 9.70. The summed E-state index contributed by atoms with van der Waals surface area (Å²) in [6.45, 7) is 7.25. The smallest absolute Gasteiger partial charge is 0.312 e. The van der Waals surface area contributed by atoms with Crippen molar-refractivity contribution in [1.29, 1.82) is 0 Å². The zero-order chi connectivity index (χ0) is 12.2. The van der Waals surface area contributed by atoms with Crippen LogP contribution in [0.4, 0.5) is 9.93 Å². The van der Waals surface area contributed by atoms with Gasteiger partial charge in [-0.3, -0.25) is 0 Å². The van der Waals surface area contributed by atoms with Gasteiger partial charge in [0.15, 0.2) is 0 Å². The van der Waals surface area contributed by atoms with E-state index in [1.54, 1.807) is 0 Å². The van der Waals surface area contributed by atoms with Crippen molar-refractivity contribution in [2.24, 2.45) is 5.73 Å². The van der Waals surface area contributed by atoms with E-state index in [9.17, 15) is 4.79 Å². The number of amides is 2. The topological polar surface area (TPSA) is 92.9 Å². The molecule has 1 aromatic heterocycles. The number of urea groups is 1. The average Bonchev–Trinajstić information content (AvgIpc) is 2.59. The summed E-state index contributed by atoms with van der Waals surface area (Å²) in [6.07, 6.45) is 0. The number of nitrogens with one attached hydrogen (secondary N) is 2. The van der Waals surface area contributed by atoms with E-state index in [4.69, 9.17) is 5.73 Å². The molecule has 6 nitrogen and oxygen atoms in total. The lowest BCUT2D eigenvalue weighted by molar-refractivity contribution is 0.249. The first kappa shape index (κ1) is 12.7. The Morgan fingerprint density at radius 3 is 2.62 bits per heavy atom. The molecule has 0 spiro atoms. The van der Waals surface area contributed by atoms with Crippen molar-refractivity contribution in [2.75, 3.05) is 18.4 Å². The number of carbonyl (C=O) groups excluding carboxylic acids is 1. The summed E-state index contributed by atoms with van der Waals surface area (Å²) in [5.41, 5.74) is 4.89. The molecule has 0 saturated carbocycles. The van der Waals surface area contributed by atoms with Gasteiger partial charge in [0.2, 0.25) is 5.13 Å². The Morgan fingerprint density at radius 2 is 2.12 bits per heavy atom. The van der Waals surface area contributed by atoms with Crippen molar-refractivity contribution in [3.8, 4) is 0 Å². The number of carbonyl (C=O) groups is 1. The Hall–Kier alpha value is -1.37. The predicted molar refractivity (Wildman–Crippen MR) is 64.7 cm³/mol. The van der Waals surface area contributed by atoms with Crippen LogP contribution in [0.2, 0.25) is 0 Å². The van der Waals surface area contributed by atoms with E-state index in [-0.39, 0.29) is 5.41 Å². The summed E-state index contributed by atoms with van der Waals surface area (Å²) >= 11 is 1.32. The molecule has 1 rings (SSSR count). The van der Waals surface area contributed by atoms with Crippen molar-refractivity contribution in [2.45, 2.75) is 26.2 Å². The lowest BCUT2D eigenvalue weighted by Gasteiger charge is -2.12. The standard InChI is InChI=1S/C9H17N5OS/c1-9(2,3)6-13-8(16-14-6)12-5-4-11-7(10)15/h4-5H2,1-3H3,(H3,10,11,15)(H,12,13,14). The van der Waals surface area contributed by atoms with Crippen LogP contribution in [0.1, 0.15) is 26.6 Å². The fourth-order valence-electron chi connectivity index (χ4n) is 0.955. The Morgan fingerprint density at radius 1 is 1.44 bits per heavy atom. The number of aromatic nitrogens is 2. The van der Waals surface area contributed by atoms with Gasteiger partial charge in [0, 0.05) is 30.0 Å². The Kier molecular flexibility index (Phi) is 4.05. The first-order valence-electron chi connectivity index (χ1n) is 5.01. The van der Waals surface area contributed by atoms with Gasteiger partial charge in [-0.25, -0.2) is 9.78 Å². The van der Waals surface area contributed by atoms with E-state index in [1.807, 2.05) is 0 Å². The van der Waals surface area contributed by atoms with Gasteiger partial charge in [0.25, 0.3) is 0 Å². The largest absolute Gasteiger partial charge is 0.359 e. The van der Waals surface area contributed by atoms with Crippen LogP contribution in [0.15, 0.2) is 0 Å². The molecule has 0 fully saturated rings. The molecule has 2 amide bonds. The van der Waals surface area contributed by atoms with Crippen molar-refractivity contribution >= 4 is 22.7 Å². The number of anilines is 1. The molecule has 0 aliphatic rings. The summed E-state index contributed by atoms with van der Waals surface area (Å²) in [6, 6.07) is -0.519. The molecule has 1 heterocycles. The van der Waals surface area contributed by atoms with Crippen molar-refractivity contribution in [1.82, 2.24) is 14.7 Å². The van der Waals surface area contributed by atoms with Crippen LogP contribution in [0, 0.1) is 0 Å². The normalized spacial score (nSPS) is 11.2. The molecule has 0 radical (unpaired) electrons. The monoisotopic (exact) mass is 243 g/mol. The third-order valence-electron chi connectivity index (χ3n) is 1.80. The Balaban J connectivity index is 2.38. The zero-order valence-corrected chi connectivity index (χ0v) is 10.5. The lowest BCUT2D eigenvalue weighted by Crippen LogP contribution is -2.33. The van der Waals surface area contributed by atoms with E-state index in [0.717, 1.165) is 11.0 Å². The molecule has 0 unspecified atom stereocenters. The highest BCUT2D eigenvalue weighted by Gasteiger charge is 2.19. The molecule has 0 aliphatic heterocycles. The number of rotatable bonds is 4. The molecular weight excluding hydrogens is 226 g/mol. The molecule has 0 bridgehead atoms. The Labute approximate surface area is 98.8 Å². The van der Waals surface area contributed by atoms with Crippen LogP contribution in [-0.2, 0) is 5.41 Å². The second kappa shape index (κ2) is 5.11. The first-order chi connectivity index (χ1) is 7.39. The maximum Gasteiger partial charge on any atom is 0.312 e. The van der Waals surface area contributed by atoms with Crippen molar-refractivity contribution < 1.29 is 4.79 Å². The van der Waals surface area contributed by atoms with Crippen molar-refractivity contribution in [3.05, 3.63) is 5.82 Å². The van der Waals surface area contributed by atoms with Crippen LogP contribution in [0.25, 0.3) is 0 Å². The summed E-state index contributed by atoms with van der Waals surface area (Å²) in [4.78, 5) is 14.8. The van der Waals surface area contributed by atoms with Crippen LogP contribution >= 0.6 is 11.5 Å². The first-order valence-corrected chi connectivity index (χ1v) is 5.78.